The second-order valence-electron chi connectivity index (χ2n) is 11.2. The smallest absolute Gasteiger partial charge is 0.334 e. The number of carbonyl (C=O) groups is 1. The van der Waals surface area contributed by atoms with Crippen molar-refractivity contribution >= 4 is 28.9 Å². The average Bonchev–Trinajstić information content (AvgIpc) is 3.45. The van der Waals surface area contributed by atoms with E-state index in [9.17, 15) is 18.0 Å². The topological polar surface area (TPSA) is 91.7 Å². The number of nitrogens with zero attached hydrogens (tertiary/aromatic N) is 5. The fourth-order valence-corrected chi connectivity index (χ4v) is 5.72. The van der Waals surface area contributed by atoms with Crippen LogP contribution in [0.4, 0.5) is 13.2 Å². The van der Waals surface area contributed by atoms with Gasteiger partial charge in [-0.2, -0.15) is 13.2 Å². The number of aliphatic imine (C=N–C) groups is 1. The normalized spacial score (nSPS) is 18.1. The van der Waals surface area contributed by atoms with Gasteiger partial charge in [0.2, 0.25) is 0 Å². The number of imidazole rings is 1. The molecule has 1 amide bonds. The van der Waals surface area contributed by atoms with Gasteiger partial charge in [0.05, 0.1) is 22.3 Å². The first-order chi connectivity index (χ1) is 20.7. The minimum atomic E-state index is -4.34. The molecule has 2 aromatic carbocycles. The third-order valence-corrected chi connectivity index (χ3v) is 8.35. The molecule has 3 heterocycles. The van der Waals surface area contributed by atoms with Gasteiger partial charge in [-0.05, 0) is 73.7 Å². The standard InChI is InChI=1S/C32H38F3N7O/c1-2-27(21-36)37-12-3-13-40-14-10-24(11-15-40)25-6-9-28-29(20-25)39-30(38-28)31(43)42-18-16-41(17-19-42)22-23-4-7-26(8-5-23)32(33,34)35/h3-9,12,20-21,24,36H,2,10-11,13-19,22H2,1H3,(H,38,39)/b12-3+,36-21?,37-27-. The van der Waals surface area contributed by atoms with Gasteiger partial charge >= 0.3 is 6.18 Å². The van der Waals surface area contributed by atoms with Crippen molar-refractivity contribution in [2.75, 3.05) is 45.8 Å². The molecule has 2 aliphatic heterocycles. The molecule has 0 unspecified atom stereocenters. The van der Waals surface area contributed by atoms with E-state index in [1.54, 1.807) is 11.1 Å². The lowest BCUT2D eigenvalue weighted by Gasteiger charge is -2.34. The number of carbonyl (C=O) groups excluding carboxylic acids is 1. The molecule has 1 aromatic heterocycles. The number of H-pyrrole nitrogens is 1. The van der Waals surface area contributed by atoms with E-state index in [1.165, 1.54) is 23.9 Å². The average molecular weight is 594 g/mol. The number of rotatable bonds is 9. The second-order valence-corrected chi connectivity index (χ2v) is 11.2. The lowest BCUT2D eigenvalue weighted by atomic mass is 9.89. The zero-order valence-electron chi connectivity index (χ0n) is 24.4. The molecule has 2 N–H and O–H groups in total. The number of likely N-dealkylation sites (tertiary alicyclic amines) is 1. The summed E-state index contributed by atoms with van der Waals surface area (Å²) in [6, 6.07) is 11.5. The van der Waals surface area contributed by atoms with Crippen molar-refractivity contribution in [3.05, 3.63) is 77.3 Å². The highest BCUT2D eigenvalue weighted by Gasteiger charge is 2.30. The van der Waals surface area contributed by atoms with Crippen molar-refractivity contribution in [3.8, 4) is 0 Å². The van der Waals surface area contributed by atoms with Crippen molar-refractivity contribution < 1.29 is 18.0 Å². The molecule has 228 valence electrons. The molecule has 0 bridgehead atoms. The first-order valence-electron chi connectivity index (χ1n) is 14.9. The minimum absolute atomic E-state index is 0.135. The summed E-state index contributed by atoms with van der Waals surface area (Å²) in [4.78, 5) is 31.7. The van der Waals surface area contributed by atoms with Crippen molar-refractivity contribution in [1.29, 1.82) is 5.41 Å². The van der Waals surface area contributed by atoms with Crippen LogP contribution in [0.1, 0.15) is 59.4 Å². The van der Waals surface area contributed by atoms with Crippen LogP contribution in [-0.4, -0.2) is 88.3 Å². The second kappa shape index (κ2) is 13.6. The Labute approximate surface area is 249 Å². The van der Waals surface area contributed by atoms with Crippen LogP contribution in [0, 0.1) is 5.41 Å². The summed E-state index contributed by atoms with van der Waals surface area (Å²) in [5.74, 6) is 0.651. The van der Waals surface area contributed by atoms with E-state index in [0.717, 1.165) is 73.3 Å². The number of hydrogen-bond acceptors (Lipinski definition) is 6. The molecule has 2 fully saturated rings. The number of hydrogen-bond donors (Lipinski definition) is 2. The zero-order valence-corrected chi connectivity index (χ0v) is 24.4. The number of aromatic nitrogens is 2. The van der Waals surface area contributed by atoms with E-state index < -0.39 is 11.7 Å². The Balaban J connectivity index is 1.12. The number of nitrogens with one attached hydrogen (secondary N) is 2. The van der Waals surface area contributed by atoms with Crippen LogP contribution in [0.25, 0.3) is 11.0 Å². The molecule has 5 rings (SSSR count). The lowest BCUT2D eigenvalue weighted by molar-refractivity contribution is -0.137. The van der Waals surface area contributed by atoms with Crippen LogP contribution in [-0.2, 0) is 12.7 Å². The maximum absolute atomic E-state index is 13.2. The minimum Gasteiger partial charge on any atom is -0.334 e. The summed E-state index contributed by atoms with van der Waals surface area (Å²) in [5.41, 5.74) is 3.83. The van der Waals surface area contributed by atoms with Crippen LogP contribution in [0.5, 0.6) is 0 Å². The maximum Gasteiger partial charge on any atom is 0.416 e. The van der Waals surface area contributed by atoms with E-state index >= 15 is 0 Å². The predicted molar refractivity (Wildman–Crippen MR) is 163 cm³/mol. The number of amides is 1. The number of piperazine rings is 1. The molecule has 0 spiro atoms. The van der Waals surface area contributed by atoms with Crippen LogP contribution in [0.15, 0.2) is 59.7 Å². The highest BCUT2D eigenvalue weighted by atomic mass is 19.4. The molecule has 43 heavy (non-hydrogen) atoms. The Morgan fingerprint density at radius 1 is 1.05 bits per heavy atom. The molecule has 2 aliphatic rings. The lowest BCUT2D eigenvalue weighted by Crippen LogP contribution is -2.48. The SMILES string of the molecule is CC/C(C=N)=N/C=C/CN1CCC(c2ccc3nc(C(=O)N4CCN(Cc5ccc(C(F)(F)F)cc5)CC4)[nH]c3c2)CC1. The van der Waals surface area contributed by atoms with Crippen molar-refractivity contribution in [1.82, 2.24) is 24.7 Å². The number of alkyl halides is 3. The molecule has 0 radical (unpaired) electrons. The van der Waals surface area contributed by atoms with Crippen LogP contribution in [0.3, 0.4) is 0 Å². The fourth-order valence-electron chi connectivity index (χ4n) is 5.72. The Morgan fingerprint density at radius 2 is 1.77 bits per heavy atom. The Morgan fingerprint density at radius 3 is 2.42 bits per heavy atom. The summed E-state index contributed by atoms with van der Waals surface area (Å²) >= 11 is 0. The summed E-state index contributed by atoms with van der Waals surface area (Å²) in [6.07, 6.45) is 3.67. The molecule has 3 aromatic rings. The number of piperidine rings is 1. The van der Waals surface area contributed by atoms with Gasteiger partial charge in [0.25, 0.3) is 5.91 Å². The molecule has 11 heteroatoms. The Hall–Kier alpha value is -3.83. The summed E-state index contributed by atoms with van der Waals surface area (Å²) in [5, 5.41) is 7.32. The van der Waals surface area contributed by atoms with Gasteiger partial charge in [-0.1, -0.05) is 31.2 Å². The molecular formula is C32H38F3N7O. The molecule has 2 saturated heterocycles. The van der Waals surface area contributed by atoms with Gasteiger partial charge in [-0.3, -0.25) is 19.6 Å². The Kier molecular flexibility index (Phi) is 9.72. The third-order valence-electron chi connectivity index (χ3n) is 8.35. The van der Waals surface area contributed by atoms with E-state index in [0.29, 0.717) is 44.5 Å². The number of halogens is 3. The molecular weight excluding hydrogens is 555 g/mol. The number of aromatic amines is 1. The fraction of sp³-hybridized carbons (Fsp3) is 0.438. The van der Waals surface area contributed by atoms with Gasteiger partial charge in [-0.15, -0.1) is 0 Å². The van der Waals surface area contributed by atoms with Gasteiger partial charge in [0.15, 0.2) is 5.82 Å². The molecule has 8 nitrogen and oxygen atoms in total. The summed E-state index contributed by atoms with van der Waals surface area (Å²) in [6.45, 7) is 7.73. The van der Waals surface area contributed by atoms with Crippen molar-refractivity contribution in [3.63, 3.8) is 0 Å². The predicted octanol–water partition coefficient (Wildman–Crippen LogP) is 5.73. The number of benzene rings is 2. The first-order valence-corrected chi connectivity index (χ1v) is 14.9. The monoisotopic (exact) mass is 593 g/mol. The van der Waals surface area contributed by atoms with Gasteiger partial charge < -0.3 is 15.3 Å². The highest BCUT2D eigenvalue weighted by molar-refractivity contribution is 6.29. The van der Waals surface area contributed by atoms with Gasteiger partial charge in [0.1, 0.15) is 0 Å². The van der Waals surface area contributed by atoms with E-state index in [-0.39, 0.29) is 5.91 Å². The van der Waals surface area contributed by atoms with E-state index in [4.69, 9.17) is 5.41 Å². The number of fused-ring (bicyclic) bond motifs is 1. The van der Waals surface area contributed by atoms with Crippen LogP contribution in [0.2, 0.25) is 0 Å². The first kappa shape index (κ1) is 30.6. The van der Waals surface area contributed by atoms with Gasteiger partial charge in [0, 0.05) is 51.7 Å². The van der Waals surface area contributed by atoms with Gasteiger partial charge in [-0.25, -0.2) is 4.98 Å². The summed E-state index contributed by atoms with van der Waals surface area (Å²) < 4.78 is 38.5. The van der Waals surface area contributed by atoms with Crippen molar-refractivity contribution in [2.24, 2.45) is 4.99 Å². The van der Waals surface area contributed by atoms with Crippen molar-refractivity contribution in [2.45, 2.75) is 44.8 Å². The molecule has 0 saturated carbocycles. The quantitative estimate of drug-likeness (QED) is 0.310. The molecule has 0 atom stereocenters. The largest absolute Gasteiger partial charge is 0.416 e. The van der Waals surface area contributed by atoms with Crippen LogP contribution >= 0.6 is 0 Å². The van der Waals surface area contributed by atoms with Crippen LogP contribution < -0.4 is 0 Å². The van der Waals surface area contributed by atoms with E-state index in [1.807, 2.05) is 19.1 Å². The summed E-state index contributed by atoms with van der Waals surface area (Å²) in [7, 11) is 0. The maximum atomic E-state index is 13.2. The van der Waals surface area contributed by atoms with E-state index in [2.05, 4.69) is 36.9 Å². The zero-order chi connectivity index (χ0) is 30.4. The third kappa shape index (κ3) is 7.77. The molecule has 0 aliphatic carbocycles. The highest BCUT2D eigenvalue weighted by Crippen LogP contribution is 2.31. The Bertz CT molecular complexity index is 1460.